The fourth-order valence-corrected chi connectivity index (χ4v) is 1.86. The minimum absolute atomic E-state index is 0.444. The van der Waals surface area contributed by atoms with E-state index in [2.05, 4.69) is 0 Å². The highest BCUT2D eigenvalue weighted by molar-refractivity contribution is 5.94. The van der Waals surface area contributed by atoms with Crippen LogP contribution in [0.2, 0.25) is 0 Å². The number of benzene rings is 2. The summed E-state index contributed by atoms with van der Waals surface area (Å²) >= 11 is 0. The third-order valence-corrected chi connectivity index (χ3v) is 2.81. The molecular formula is C16H17NO2. The lowest BCUT2D eigenvalue weighted by molar-refractivity contribution is 0.1000. The summed E-state index contributed by atoms with van der Waals surface area (Å²) in [4.78, 5) is 11.2. The minimum Gasteiger partial charge on any atom is -0.493 e. The lowest BCUT2D eigenvalue weighted by Gasteiger charge is -2.12. The van der Waals surface area contributed by atoms with Crippen LogP contribution in [0.5, 0.6) is 5.75 Å². The number of amides is 1. The van der Waals surface area contributed by atoms with Gasteiger partial charge in [0.25, 0.3) is 0 Å². The summed E-state index contributed by atoms with van der Waals surface area (Å²) in [6, 6.07) is 15.2. The molecule has 2 rings (SSSR count). The Balaban J connectivity index is 2.44. The van der Waals surface area contributed by atoms with Crippen molar-refractivity contribution in [3.63, 3.8) is 0 Å². The Bertz CT molecular complexity index is 564. The summed E-state index contributed by atoms with van der Waals surface area (Å²) in [6.07, 6.45) is 0.912. The van der Waals surface area contributed by atoms with Gasteiger partial charge in [-0.3, -0.25) is 4.79 Å². The van der Waals surface area contributed by atoms with E-state index in [9.17, 15) is 4.79 Å². The Hall–Kier alpha value is -2.29. The van der Waals surface area contributed by atoms with Gasteiger partial charge < -0.3 is 10.5 Å². The predicted molar refractivity (Wildman–Crippen MR) is 76.2 cm³/mol. The zero-order valence-corrected chi connectivity index (χ0v) is 10.9. The number of hydrogen-bond donors (Lipinski definition) is 1. The number of rotatable bonds is 5. The smallest absolute Gasteiger partial charge is 0.248 e. The molecule has 0 spiro atoms. The zero-order chi connectivity index (χ0) is 13.7. The van der Waals surface area contributed by atoms with Crippen molar-refractivity contribution >= 4 is 5.91 Å². The van der Waals surface area contributed by atoms with Gasteiger partial charge >= 0.3 is 0 Å². The highest BCUT2D eigenvalue weighted by Crippen LogP contribution is 2.31. The van der Waals surface area contributed by atoms with Crippen molar-refractivity contribution in [1.82, 2.24) is 0 Å². The van der Waals surface area contributed by atoms with Gasteiger partial charge in [0.05, 0.1) is 6.61 Å². The van der Waals surface area contributed by atoms with Gasteiger partial charge in [0.15, 0.2) is 0 Å². The first-order valence-corrected chi connectivity index (χ1v) is 6.34. The number of carbonyl (C=O) groups is 1. The van der Waals surface area contributed by atoms with Crippen molar-refractivity contribution in [2.45, 2.75) is 13.3 Å². The summed E-state index contributed by atoms with van der Waals surface area (Å²) < 4.78 is 5.72. The maximum Gasteiger partial charge on any atom is 0.248 e. The first-order chi connectivity index (χ1) is 9.22. The highest BCUT2D eigenvalue weighted by atomic mass is 16.5. The van der Waals surface area contributed by atoms with Crippen molar-refractivity contribution < 1.29 is 9.53 Å². The largest absolute Gasteiger partial charge is 0.493 e. The molecule has 0 saturated carbocycles. The summed E-state index contributed by atoms with van der Waals surface area (Å²) in [5.41, 5.74) is 7.80. The summed E-state index contributed by atoms with van der Waals surface area (Å²) in [7, 11) is 0. The molecule has 0 heterocycles. The Morgan fingerprint density at radius 2 is 1.89 bits per heavy atom. The average Bonchev–Trinajstić information content (AvgIpc) is 2.45. The molecule has 98 valence electrons. The molecule has 0 aliphatic rings. The molecule has 0 aliphatic carbocycles. The molecule has 2 N–H and O–H groups in total. The molecule has 0 atom stereocenters. The van der Waals surface area contributed by atoms with Crippen molar-refractivity contribution in [1.29, 1.82) is 0 Å². The van der Waals surface area contributed by atoms with Crippen LogP contribution in [0, 0.1) is 0 Å². The molecule has 1 amide bonds. The van der Waals surface area contributed by atoms with Crippen LogP contribution >= 0.6 is 0 Å². The molecule has 2 aromatic carbocycles. The maximum atomic E-state index is 11.2. The molecule has 0 aromatic heterocycles. The number of hydrogen-bond acceptors (Lipinski definition) is 2. The average molecular weight is 255 g/mol. The van der Waals surface area contributed by atoms with Crippen molar-refractivity contribution in [2.75, 3.05) is 6.61 Å². The van der Waals surface area contributed by atoms with Crippen LogP contribution in [0.3, 0.4) is 0 Å². The van der Waals surface area contributed by atoms with E-state index >= 15 is 0 Å². The van der Waals surface area contributed by atoms with Gasteiger partial charge in [0.1, 0.15) is 5.75 Å². The van der Waals surface area contributed by atoms with E-state index in [1.807, 2.05) is 43.3 Å². The number of primary amides is 1. The SMILES string of the molecule is CCCOc1cc(C(N)=O)ccc1-c1ccccc1. The monoisotopic (exact) mass is 255 g/mol. The molecule has 2 aromatic rings. The fraction of sp³-hybridized carbons (Fsp3) is 0.188. The first kappa shape index (κ1) is 13.1. The molecule has 0 fully saturated rings. The van der Waals surface area contributed by atoms with E-state index in [1.54, 1.807) is 12.1 Å². The van der Waals surface area contributed by atoms with Crippen LogP contribution in [0.4, 0.5) is 0 Å². The number of carbonyl (C=O) groups excluding carboxylic acids is 1. The Morgan fingerprint density at radius 1 is 1.16 bits per heavy atom. The van der Waals surface area contributed by atoms with Gasteiger partial charge in [-0.15, -0.1) is 0 Å². The topological polar surface area (TPSA) is 52.3 Å². The molecule has 19 heavy (non-hydrogen) atoms. The van der Waals surface area contributed by atoms with E-state index < -0.39 is 5.91 Å². The summed E-state index contributed by atoms with van der Waals surface area (Å²) in [5, 5.41) is 0. The van der Waals surface area contributed by atoms with Crippen LogP contribution < -0.4 is 10.5 Å². The van der Waals surface area contributed by atoms with Crippen LogP contribution in [0.1, 0.15) is 23.7 Å². The minimum atomic E-state index is -0.444. The quantitative estimate of drug-likeness (QED) is 0.891. The number of ether oxygens (including phenoxy) is 1. The second kappa shape index (κ2) is 6.05. The fourth-order valence-electron chi connectivity index (χ4n) is 1.86. The second-order valence-electron chi connectivity index (χ2n) is 4.29. The second-order valence-corrected chi connectivity index (χ2v) is 4.29. The van der Waals surface area contributed by atoms with Gasteiger partial charge in [0.2, 0.25) is 5.91 Å². The lowest BCUT2D eigenvalue weighted by atomic mass is 10.0. The van der Waals surface area contributed by atoms with Crippen molar-refractivity contribution in [3.8, 4) is 16.9 Å². The predicted octanol–water partition coefficient (Wildman–Crippen LogP) is 3.24. The van der Waals surface area contributed by atoms with Gasteiger partial charge in [-0.2, -0.15) is 0 Å². The third kappa shape index (κ3) is 3.13. The Kier molecular flexibility index (Phi) is 4.18. The van der Waals surface area contributed by atoms with E-state index in [0.29, 0.717) is 17.9 Å². The van der Waals surface area contributed by atoms with Crippen LogP contribution in [-0.2, 0) is 0 Å². The molecule has 0 bridgehead atoms. The van der Waals surface area contributed by atoms with E-state index in [1.165, 1.54) is 0 Å². The number of nitrogens with two attached hydrogens (primary N) is 1. The normalized spacial score (nSPS) is 10.2. The molecule has 0 unspecified atom stereocenters. The molecule has 0 saturated heterocycles. The van der Waals surface area contributed by atoms with E-state index in [0.717, 1.165) is 17.5 Å². The molecule has 3 heteroatoms. The van der Waals surface area contributed by atoms with E-state index in [-0.39, 0.29) is 0 Å². The van der Waals surface area contributed by atoms with Gasteiger partial charge in [-0.05, 0) is 30.2 Å². The van der Waals surface area contributed by atoms with Gasteiger partial charge in [0, 0.05) is 11.1 Å². The highest BCUT2D eigenvalue weighted by Gasteiger charge is 2.09. The molecule has 0 aliphatic heterocycles. The van der Waals surface area contributed by atoms with Gasteiger partial charge in [-0.25, -0.2) is 0 Å². The maximum absolute atomic E-state index is 11.2. The van der Waals surface area contributed by atoms with Crippen LogP contribution in [0.15, 0.2) is 48.5 Å². The lowest BCUT2D eigenvalue weighted by Crippen LogP contribution is -2.11. The van der Waals surface area contributed by atoms with Crippen molar-refractivity contribution in [2.24, 2.45) is 5.73 Å². The van der Waals surface area contributed by atoms with Crippen LogP contribution in [-0.4, -0.2) is 12.5 Å². The first-order valence-electron chi connectivity index (χ1n) is 6.34. The zero-order valence-electron chi connectivity index (χ0n) is 10.9. The Labute approximate surface area is 113 Å². The Morgan fingerprint density at radius 3 is 2.53 bits per heavy atom. The van der Waals surface area contributed by atoms with Crippen LogP contribution in [0.25, 0.3) is 11.1 Å². The molecular weight excluding hydrogens is 238 g/mol. The summed E-state index contributed by atoms with van der Waals surface area (Å²) in [6.45, 7) is 2.65. The van der Waals surface area contributed by atoms with Gasteiger partial charge in [-0.1, -0.05) is 37.3 Å². The van der Waals surface area contributed by atoms with Crippen molar-refractivity contribution in [3.05, 3.63) is 54.1 Å². The summed E-state index contributed by atoms with van der Waals surface area (Å²) in [5.74, 6) is 0.255. The third-order valence-electron chi connectivity index (χ3n) is 2.81. The standard InChI is InChI=1S/C16H17NO2/c1-2-10-19-15-11-13(16(17)18)8-9-14(15)12-6-4-3-5-7-12/h3-9,11H,2,10H2,1H3,(H2,17,18). The molecule has 0 radical (unpaired) electrons. The van der Waals surface area contributed by atoms with E-state index in [4.69, 9.17) is 10.5 Å². The molecule has 3 nitrogen and oxygen atoms in total.